The van der Waals surface area contributed by atoms with E-state index in [0.29, 0.717) is 25.9 Å². The molecule has 0 aliphatic carbocycles. The van der Waals surface area contributed by atoms with Gasteiger partial charge in [-0.25, -0.2) is 4.79 Å². The third-order valence-electron chi connectivity index (χ3n) is 5.70. The minimum absolute atomic E-state index is 0.198. The van der Waals surface area contributed by atoms with E-state index >= 15 is 0 Å². The number of urea groups is 1. The average molecular weight is 585 g/mol. The van der Waals surface area contributed by atoms with Crippen molar-refractivity contribution in [3.63, 3.8) is 0 Å². The molecule has 7 nitrogen and oxygen atoms in total. The van der Waals surface area contributed by atoms with Crippen molar-refractivity contribution in [1.29, 1.82) is 0 Å². The van der Waals surface area contributed by atoms with Gasteiger partial charge in [-0.3, -0.25) is 9.59 Å². The molecule has 2 rings (SSSR count). The Morgan fingerprint density at radius 1 is 0.912 bits per heavy atom. The van der Waals surface area contributed by atoms with Crippen LogP contribution in [0.15, 0.2) is 24.3 Å². The average Bonchev–Trinajstić information content (AvgIpc) is 3.02. The molecule has 1 aliphatic heterocycles. The third-order valence-corrected chi connectivity index (χ3v) is 6.42. The largest absolute Gasteiger partial charge is 0.350 e. The summed E-state index contributed by atoms with van der Waals surface area (Å²) in [7, 11) is 0. The van der Waals surface area contributed by atoms with Crippen molar-refractivity contribution in [2.75, 3.05) is 13.1 Å². The van der Waals surface area contributed by atoms with Crippen LogP contribution in [-0.2, 0) is 16.0 Å². The highest BCUT2D eigenvalue weighted by Gasteiger charge is 2.30. The van der Waals surface area contributed by atoms with E-state index in [2.05, 4.69) is 38.5 Å². The number of amides is 4. The van der Waals surface area contributed by atoms with Gasteiger partial charge in [0.05, 0.1) is 0 Å². The quantitative estimate of drug-likeness (QED) is 0.400. The van der Waals surface area contributed by atoms with Gasteiger partial charge in [-0.05, 0) is 86.2 Å². The van der Waals surface area contributed by atoms with Crippen LogP contribution in [0.25, 0.3) is 0 Å². The molecule has 1 aromatic rings. The Hall–Kier alpha value is -1.84. The van der Waals surface area contributed by atoms with Gasteiger partial charge in [-0.15, -0.1) is 0 Å². The normalized spacial score (nSPS) is 16.4. The first-order valence-electron chi connectivity index (χ1n) is 12.4. The first-order valence-corrected chi connectivity index (χ1v) is 13.4. The molecule has 4 amide bonds. The van der Waals surface area contributed by atoms with Crippen molar-refractivity contribution in [1.82, 2.24) is 20.9 Å². The van der Waals surface area contributed by atoms with Crippen LogP contribution in [0.4, 0.5) is 4.79 Å². The zero-order valence-corrected chi connectivity index (χ0v) is 23.4. The maximum atomic E-state index is 13.4. The van der Waals surface area contributed by atoms with E-state index in [1.165, 1.54) is 0 Å². The van der Waals surface area contributed by atoms with Crippen LogP contribution in [0.3, 0.4) is 0 Å². The molecule has 34 heavy (non-hydrogen) atoms. The Balaban J connectivity index is 2.16. The minimum atomic E-state index is -0.739. The summed E-state index contributed by atoms with van der Waals surface area (Å²) in [5.74, 6) is -0.351. The lowest BCUT2D eigenvalue weighted by Crippen LogP contribution is -2.58. The number of hydrogen-bond acceptors (Lipinski definition) is 3. The first-order chi connectivity index (χ1) is 15.9. The molecule has 0 unspecified atom stereocenters. The Bertz CT molecular complexity index is 812. The molecule has 0 saturated carbocycles. The lowest BCUT2D eigenvalue weighted by molar-refractivity contribution is -0.130. The summed E-state index contributed by atoms with van der Waals surface area (Å²) in [4.78, 5) is 41.2. The summed E-state index contributed by atoms with van der Waals surface area (Å²) in [5, 5.41) is 8.88. The summed E-state index contributed by atoms with van der Waals surface area (Å²) in [6, 6.07) is 6.28. The highest BCUT2D eigenvalue weighted by atomic mass is 127. The first kappa shape index (κ1) is 28.4. The fourth-order valence-electron chi connectivity index (χ4n) is 4.01. The van der Waals surface area contributed by atoms with Gasteiger partial charge in [-0.2, -0.15) is 0 Å². The number of nitrogens with zero attached hydrogens (tertiary/aromatic N) is 1. The maximum Gasteiger partial charge on any atom is 0.318 e. The number of likely N-dealkylation sites (tertiary alicyclic amines) is 1. The predicted molar refractivity (Wildman–Crippen MR) is 145 cm³/mol. The van der Waals surface area contributed by atoms with E-state index in [0.717, 1.165) is 34.8 Å². The van der Waals surface area contributed by atoms with Gasteiger partial charge >= 0.3 is 6.03 Å². The van der Waals surface area contributed by atoms with Gasteiger partial charge in [-0.1, -0.05) is 38.8 Å². The predicted octanol–water partition coefficient (Wildman–Crippen LogP) is 4.23. The zero-order chi connectivity index (χ0) is 25.3. The molecule has 0 radical (unpaired) electrons. The molecule has 1 saturated heterocycles. The van der Waals surface area contributed by atoms with Crippen molar-refractivity contribution >= 4 is 40.4 Å². The summed E-state index contributed by atoms with van der Waals surface area (Å²) in [5.41, 5.74) is 0.536. The minimum Gasteiger partial charge on any atom is -0.350 e. The molecule has 0 aromatic heterocycles. The molecule has 1 fully saturated rings. The fraction of sp³-hybridized carbons (Fsp3) is 0.654. The molecule has 1 aliphatic rings. The van der Waals surface area contributed by atoms with Gasteiger partial charge in [0.25, 0.3) is 0 Å². The van der Waals surface area contributed by atoms with Crippen LogP contribution in [0.1, 0.15) is 72.3 Å². The number of carbonyl (C=O) groups is 3. The molecule has 1 heterocycles. The molecule has 2 atom stereocenters. The van der Waals surface area contributed by atoms with Crippen molar-refractivity contribution in [3.05, 3.63) is 33.4 Å². The standard InChI is InChI=1S/C26H41IN4O3/c1-18(2)16-21(29-25(34)31-14-8-6-7-9-15-31)23(32)28-22(24(33)30-26(3,4)5)17-19-10-12-20(27)13-11-19/h10-13,18,21-22H,6-9,14-17H2,1-5H3,(H,28,32)(H,29,34)(H,30,33)/t21-,22-/m0/s1. The second kappa shape index (κ2) is 13.3. The molecule has 3 N–H and O–H groups in total. The number of halogens is 1. The SMILES string of the molecule is CC(C)C[C@H](NC(=O)N1CCCCCC1)C(=O)N[C@@H](Cc1ccc(I)cc1)C(=O)NC(C)(C)C. The third kappa shape index (κ3) is 10.2. The van der Waals surface area contributed by atoms with Gasteiger partial charge in [0, 0.05) is 28.6 Å². The van der Waals surface area contributed by atoms with Gasteiger partial charge < -0.3 is 20.9 Å². The molecular weight excluding hydrogens is 543 g/mol. The van der Waals surface area contributed by atoms with Gasteiger partial charge in [0.2, 0.25) is 11.8 Å². The monoisotopic (exact) mass is 584 g/mol. The second-order valence-electron chi connectivity index (χ2n) is 10.7. The van der Waals surface area contributed by atoms with E-state index in [1.807, 2.05) is 63.8 Å². The molecule has 8 heteroatoms. The van der Waals surface area contributed by atoms with Gasteiger partial charge in [0.1, 0.15) is 12.1 Å². The smallest absolute Gasteiger partial charge is 0.318 e. The lowest BCUT2D eigenvalue weighted by Gasteiger charge is -2.29. The zero-order valence-electron chi connectivity index (χ0n) is 21.2. The van der Waals surface area contributed by atoms with Crippen LogP contribution in [0.5, 0.6) is 0 Å². The number of carbonyl (C=O) groups excluding carboxylic acids is 3. The number of hydrogen-bond donors (Lipinski definition) is 3. The van der Waals surface area contributed by atoms with Gasteiger partial charge in [0.15, 0.2) is 0 Å². The number of rotatable bonds is 8. The van der Waals surface area contributed by atoms with Crippen LogP contribution in [0.2, 0.25) is 0 Å². The molecule has 190 valence electrons. The Morgan fingerprint density at radius 2 is 1.50 bits per heavy atom. The van der Waals surface area contributed by atoms with Crippen molar-refractivity contribution in [2.24, 2.45) is 5.92 Å². The Labute approximate surface area is 218 Å². The molecule has 0 bridgehead atoms. The van der Waals surface area contributed by atoms with E-state index in [-0.39, 0.29) is 23.8 Å². The van der Waals surface area contributed by atoms with Crippen molar-refractivity contribution < 1.29 is 14.4 Å². The second-order valence-corrected chi connectivity index (χ2v) is 11.9. The van der Waals surface area contributed by atoms with E-state index in [1.54, 1.807) is 0 Å². The van der Waals surface area contributed by atoms with Crippen LogP contribution in [0, 0.1) is 9.49 Å². The maximum absolute atomic E-state index is 13.4. The Kier molecular flexibility index (Phi) is 11.1. The number of benzene rings is 1. The lowest BCUT2D eigenvalue weighted by atomic mass is 10.0. The summed E-state index contributed by atoms with van der Waals surface area (Å²) < 4.78 is 1.11. The highest BCUT2D eigenvalue weighted by molar-refractivity contribution is 14.1. The molecule has 0 spiro atoms. The molecule has 1 aromatic carbocycles. The summed E-state index contributed by atoms with van der Waals surface area (Å²) in [6.07, 6.45) is 5.10. The topological polar surface area (TPSA) is 90.5 Å². The molecular formula is C26H41IN4O3. The van der Waals surface area contributed by atoms with Crippen molar-refractivity contribution in [3.8, 4) is 0 Å². The van der Waals surface area contributed by atoms with E-state index in [4.69, 9.17) is 0 Å². The number of nitrogens with one attached hydrogen (secondary N) is 3. The fourth-order valence-corrected chi connectivity index (χ4v) is 4.37. The highest BCUT2D eigenvalue weighted by Crippen LogP contribution is 2.13. The van der Waals surface area contributed by atoms with E-state index in [9.17, 15) is 14.4 Å². The van der Waals surface area contributed by atoms with Crippen LogP contribution < -0.4 is 16.0 Å². The Morgan fingerprint density at radius 3 is 2.03 bits per heavy atom. The van der Waals surface area contributed by atoms with Crippen LogP contribution >= 0.6 is 22.6 Å². The van der Waals surface area contributed by atoms with Crippen LogP contribution in [-0.4, -0.2) is 53.5 Å². The van der Waals surface area contributed by atoms with E-state index < -0.39 is 17.6 Å². The van der Waals surface area contributed by atoms with Crippen molar-refractivity contribution in [2.45, 2.75) is 90.8 Å². The summed E-state index contributed by atoms with van der Waals surface area (Å²) >= 11 is 2.24. The summed E-state index contributed by atoms with van der Waals surface area (Å²) in [6.45, 7) is 11.2.